The Hall–Kier alpha value is -0.610. The van der Waals surface area contributed by atoms with E-state index in [9.17, 15) is 4.79 Å². The fourth-order valence-electron chi connectivity index (χ4n) is 4.34. The van der Waals surface area contributed by atoms with Gasteiger partial charge in [0, 0.05) is 12.1 Å². The first-order valence-electron chi connectivity index (χ1n) is 8.94. The van der Waals surface area contributed by atoms with Gasteiger partial charge in [0.25, 0.3) is 0 Å². The molecule has 3 fully saturated rings. The Balaban J connectivity index is 1.60. The van der Waals surface area contributed by atoms with E-state index in [-0.39, 0.29) is 5.91 Å². The van der Waals surface area contributed by atoms with Gasteiger partial charge in [-0.2, -0.15) is 0 Å². The summed E-state index contributed by atoms with van der Waals surface area (Å²) >= 11 is 0. The Morgan fingerprint density at radius 3 is 2.71 bits per heavy atom. The van der Waals surface area contributed by atoms with Crippen LogP contribution in [-0.2, 0) is 4.79 Å². The van der Waals surface area contributed by atoms with Crippen LogP contribution in [0.2, 0.25) is 0 Å². The number of amides is 1. The maximum absolute atomic E-state index is 12.0. The van der Waals surface area contributed by atoms with Gasteiger partial charge in [-0.15, -0.1) is 0 Å². The number of hydrogen-bond acceptors (Lipinski definition) is 3. The van der Waals surface area contributed by atoms with Crippen LogP contribution in [0.3, 0.4) is 0 Å². The first-order valence-corrected chi connectivity index (χ1v) is 8.94. The molecule has 3 aliphatic rings. The molecule has 0 aromatic heterocycles. The molecule has 1 amide bonds. The summed E-state index contributed by atoms with van der Waals surface area (Å²) in [5.41, 5.74) is 5.34. The van der Waals surface area contributed by atoms with Gasteiger partial charge >= 0.3 is 0 Å². The summed E-state index contributed by atoms with van der Waals surface area (Å²) in [6, 6.07) is 1.10. The lowest BCUT2D eigenvalue weighted by Gasteiger charge is -2.31. The van der Waals surface area contributed by atoms with Crippen molar-refractivity contribution in [1.29, 1.82) is 0 Å². The maximum Gasteiger partial charge on any atom is 0.237 e. The lowest BCUT2D eigenvalue weighted by molar-refractivity contribution is -0.124. The van der Waals surface area contributed by atoms with Crippen LogP contribution in [0.4, 0.5) is 0 Å². The van der Waals surface area contributed by atoms with E-state index in [1.54, 1.807) is 0 Å². The highest BCUT2D eigenvalue weighted by Crippen LogP contribution is 2.37. The van der Waals surface area contributed by atoms with Gasteiger partial charge in [-0.3, -0.25) is 4.79 Å². The molecular formula is C17H31N3O. The van der Waals surface area contributed by atoms with E-state index >= 15 is 0 Å². The molecule has 4 heteroatoms. The van der Waals surface area contributed by atoms with E-state index in [0.717, 1.165) is 25.2 Å². The number of carbonyl (C=O) groups excluding carboxylic acids is 1. The second-order valence-electron chi connectivity index (χ2n) is 7.50. The van der Waals surface area contributed by atoms with E-state index in [0.29, 0.717) is 12.1 Å². The molecule has 21 heavy (non-hydrogen) atoms. The number of primary amides is 1. The molecule has 3 N–H and O–H groups in total. The van der Waals surface area contributed by atoms with Gasteiger partial charge < -0.3 is 16.0 Å². The molecular weight excluding hydrogens is 262 g/mol. The largest absolute Gasteiger partial charge is 0.368 e. The predicted octanol–water partition coefficient (Wildman–Crippen LogP) is 2.03. The van der Waals surface area contributed by atoms with Crippen LogP contribution in [0.5, 0.6) is 0 Å². The molecule has 0 spiro atoms. The average molecular weight is 293 g/mol. The van der Waals surface area contributed by atoms with Gasteiger partial charge in [-0.05, 0) is 70.4 Å². The van der Waals surface area contributed by atoms with E-state index in [2.05, 4.69) is 17.1 Å². The van der Waals surface area contributed by atoms with Crippen molar-refractivity contribution < 1.29 is 4.79 Å². The zero-order valence-electron chi connectivity index (χ0n) is 13.4. The van der Waals surface area contributed by atoms with Gasteiger partial charge in [0.15, 0.2) is 0 Å². The van der Waals surface area contributed by atoms with Crippen LogP contribution in [0.15, 0.2) is 0 Å². The summed E-state index contributed by atoms with van der Waals surface area (Å²) < 4.78 is 0. The Morgan fingerprint density at radius 1 is 1.24 bits per heavy atom. The molecule has 3 rings (SSSR count). The Labute approximate surface area is 128 Å². The summed E-state index contributed by atoms with van der Waals surface area (Å²) in [7, 11) is 0. The topological polar surface area (TPSA) is 58.4 Å². The van der Waals surface area contributed by atoms with E-state index < -0.39 is 5.54 Å². The number of nitrogens with zero attached hydrogens (tertiary/aromatic N) is 1. The standard InChI is InChI=1S/C17H31N3O/c1-2-13-4-3-10-20(11-8-13)15-7-9-17(12-15,16(18)21)19-14-5-6-14/h13-15,19H,2-12H2,1H3,(H2,18,21). The molecule has 2 aliphatic carbocycles. The molecule has 3 unspecified atom stereocenters. The minimum atomic E-state index is -0.414. The van der Waals surface area contributed by atoms with Crippen LogP contribution in [0.1, 0.15) is 64.7 Å². The van der Waals surface area contributed by atoms with Crippen molar-refractivity contribution in [2.75, 3.05) is 13.1 Å². The molecule has 0 radical (unpaired) electrons. The minimum absolute atomic E-state index is 0.127. The predicted molar refractivity (Wildman–Crippen MR) is 84.9 cm³/mol. The number of likely N-dealkylation sites (tertiary alicyclic amines) is 1. The molecule has 0 bridgehead atoms. The van der Waals surface area contributed by atoms with Gasteiger partial charge in [0.1, 0.15) is 0 Å². The van der Waals surface area contributed by atoms with Crippen molar-refractivity contribution in [2.24, 2.45) is 11.7 Å². The van der Waals surface area contributed by atoms with Crippen molar-refractivity contribution in [3.8, 4) is 0 Å². The van der Waals surface area contributed by atoms with Crippen LogP contribution in [0.25, 0.3) is 0 Å². The van der Waals surface area contributed by atoms with Gasteiger partial charge in [-0.1, -0.05) is 13.3 Å². The Bertz CT molecular complexity index is 382. The quantitative estimate of drug-likeness (QED) is 0.815. The van der Waals surface area contributed by atoms with Crippen molar-refractivity contribution in [2.45, 2.75) is 82.3 Å². The van der Waals surface area contributed by atoms with Crippen LogP contribution in [-0.4, -0.2) is 41.5 Å². The number of carbonyl (C=O) groups is 1. The summed E-state index contributed by atoms with van der Waals surface area (Å²) in [6.07, 6.45) is 10.7. The summed E-state index contributed by atoms with van der Waals surface area (Å²) in [4.78, 5) is 14.7. The third-order valence-corrected chi connectivity index (χ3v) is 5.99. The molecule has 4 nitrogen and oxygen atoms in total. The maximum atomic E-state index is 12.0. The number of rotatable bonds is 5. The Morgan fingerprint density at radius 2 is 2.05 bits per heavy atom. The molecule has 1 heterocycles. The van der Waals surface area contributed by atoms with Gasteiger partial charge in [0.2, 0.25) is 5.91 Å². The monoisotopic (exact) mass is 293 g/mol. The van der Waals surface area contributed by atoms with Crippen molar-refractivity contribution >= 4 is 5.91 Å². The van der Waals surface area contributed by atoms with Gasteiger partial charge in [0.05, 0.1) is 5.54 Å². The van der Waals surface area contributed by atoms with Crippen molar-refractivity contribution in [3.05, 3.63) is 0 Å². The lowest BCUT2D eigenvalue weighted by atomic mass is 9.95. The smallest absolute Gasteiger partial charge is 0.237 e. The highest BCUT2D eigenvalue weighted by Gasteiger charge is 2.48. The molecule has 0 aromatic carbocycles. The molecule has 120 valence electrons. The Kier molecular flexibility index (Phi) is 4.55. The van der Waals surface area contributed by atoms with Crippen LogP contribution in [0, 0.1) is 5.92 Å². The normalized spacial score (nSPS) is 38.3. The summed E-state index contributed by atoms with van der Waals surface area (Å²) in [5, 5.41) is 3.57. The molecule has 2 saturated carbocycles. The van der Waals surface area contributed by atoms with E-state index in [4.69, 9.17) is 5.73 Å². The van der Waals surface area contributed by atoms with Gasteiger partial charge in [-0.25, -0.2) is 0 Å². The first-order chi connectivity index (χ1) is 10.1. The number of hydrogen-bond donors (Lipinski definition) is 2. The van der Waals surface area contributed by atoms with Crippen LogP contribution >= 0.6 is 0 Å². The highest BCUT2D eigenvalue weighted by molar-refractivity contribution is 5.85. The van der Waals surface area contributed by atoms with E-state index in [1.807, 2.05) is 0 Å². The zero-order chi connectivity index (χ0) is 14.9. The third-order valence-electron chi connectivity index (χ3n) is 5.99. The average Bonchev–Trinajstić information content (AvgIpc) is 3.22. The van der Waals surface area contributed by atoms with Crippen LogP contribution < -0.4 is 11.1 Å². The fraction of sp³-hybridized carbons (Fsp3) is 0.941. The third kappa shape index (κ3) is 3.42. The fourth-order valence-corrected chi connectivity index (χ4v) is 4.34. The first kappa shape index (κ1) is 15.3. The lowest BCUT2D eigenvalue weighted by Crippen LogP contribution is -2.55. The van der Waals surface area contributed by atoms with Crippen molar-refractivity contribution in [3.63, 3.8) is 0 Å². The molecule has 1 saturated heterocycles. The molecule has 0 aromatic rings. The summed E-state index contributed by atoms with van der Waals surface area (Å²) in [5.74, 6) is 0.778. The number of nitrogens with one attached hydrogen (secondary N) is 1. The second kappa shape index (κ2) is 6.25. The highest BCUT2D eigenvalue weighted by atomic mass is 16.1. The number of nitrogens with two attached hydrogens (primary N) is 1. The second-order valence-corrected chi connectivity index (χ2v) is 7.50. The zero-order valence-corrected chi connectivity index (χ0v) is 13.4. The minimum Gasteiger partial charge on any atom is -0.368 e. The summed E-state index contributed by atoms with van der Waals surface area (Å²) in [6.45, 7) is 4.73. The van der Waals surface area contributed by atoms with Crippen molar-refractivity contribution in [1.82, 2.24) is 10.2 Å². The molecule has 3 atom stereocenters. The van der Waals surface area contributed by atoms with E-state index in [1.165, 1.54) is 51.6 Å². The SMILES string of the molecule is CCC1CCCN(C2CCC(NC3CC3)(C(N)=O)C2)CC1. The molecule has 1 aliphatic heterocycles.